The summed E-state index contributed by atoms with van der Waals surface area (Å²) in [5, 5.41) is 0. The van der Waals surface area contributed by atoms with Crippen molar-refractivity contribution in [2.24, 2.45) is 40.4 Å². The lowest BCUT2D eigenvalue weighted by Gasteiger charge is -2.58. The maximum Gasteiger partial charge on any atom is 0.0217 e. The van der Waals surface area contributed by atoms with Gasteiger partial charge in [0.1, 0.15) is 0 Å². The van der Waals surface area contributed by atoms with E-state index in [0.717, 1.165) is 36.0 Å². The molecule has 0 saturated heterocycles. The predicted molar refractivity (Wildman–Crippen MR) is 103 cm³/mol. The van der Waals surface area contributed by atoms with Crippen LogP contribution in [0.25, 0.3) is 0 Å². The topological polar surface area (TPSA) is 0 Å². The molecule has 0 N–H and O–H groups in total. The Hall–Kier alpha value is -0.0400. The van der Waals surface area contributed by atoms with Crippen molar-refractivity contribution in [2.45, 2.75) is 71.0 Å². The maximum absolute atomic E-state index is 4.17. The first-order chi connectivity index (χ1) is 10.9. The normalized spacial score (nSPS) is 54.9. The molecular formula is C22H33Br. The molecular weight excluding hydrogens is 344 g/mol. The lowest BCUT2D eigenvalue weighted by molar-refractivity contribution is -0.0307. The molecule has 0 spiro atoms. The van der Waals surface area contributed by atoms with Crippen LogP contribution in [0.15, 0.2) is 23.8 Å². The number of rotatable bonds is 1. The molecule has 0 bridgehead atoms. The van der Waals surface area contributed by atoms with Crippen LogP contribution in [-0.2, 0) is 0 Å². The Labute approximate surface area is 151 Å². The van der Waals surface area contributed by atoms with Crippen LogP contribution in [0.4, 0.5) is 0 Å². The van der Waals surface area contributed by atoms with Gasteiger partial charge in [-0.25, -0.2) is 0 Å². The summed E-state index contributed by atoms with van der Waals surface area (Å²) in [5.74, 6) is 4.51. The van der Waals surface area contributed by atoms with Crippen molar-refractivity contribution in [1.29, 1.82) is 0 Å². The largest absolute Gasteiger partial charge is 0.0884 e. The van der Waals surface area contributed by atoms with E-state index in [1.165, 1.54) is 32.1 Å². The summed E-state index contributed by atoms with van der Waals surface area (Å²) in [6.07, 6.45) is 15.7. The van der Waals surface area contributed by atoms with Crippen LogP contribution in [0.2, 0.25) is 0 Å². The molecule has 8 atom stereocenters. The minimum absolute atomic E-state index is 0.349. The summed E-state index contributed by atoms with van der Waals surface area (Å²) >= 11 is 4.17. The van der Waals surface area contributed by atoms with Crippen LogP contribution >= 0.6 is 15.9 Å². The van der Waals surface area contributed by atoms with E-state index in [2.05, 4.69) is 61.9 Å². The molecule has 0 unspecified atom stereocenters. The number of hydrogen-bond donors (Lipinski definition) is 0. The molecule has 0 aromatic heterocycles. The molecule has 0 radical (unpaired) electrons. The second-order valence-corrected chi connectivity index (χ2v) is 10.6. The molecule has 0 aromatic rings. The SMILES string of the molecule is CC[C@H]1[C@H](C)C[C@H]2[C@@H]3[C@H](Br)CC4=CCC=C[C@]4(C)[C@H]3CC[C@@]21C. The highest BCUT2D eigenvalue weighted by Crippen LogP contribution is 2.68. The van der Waals surface area contributed by atoms with Gasteiger partial charge in [-0.3, -0.25) is 0 Å². The van der Waals surface area contributed by atoms with Gasteiger partial charge in [0, 0.05) is 10.2 Å². The van der Waals surface area contributed by atoms with Crippen LogP contribution < -0.4 is 0 Å². The summed E-state index contributed by atoms with van der Waals surface area (Å²) < 4.78 is 0. The predicted octanol–water partition coefficient (Wildman–Crippen LogP) is 6.76. The molecule has 0 heterocycles. The summed E-state index contributed by atoms with van der Waals surface area (Å²) in [5.41, 5.74) is 2.67. The van der Waals surface area contributed by atoms with Crippen molar-refractivity contribution < 1.29 is 0 Å². The first-order valence-corrected chi connectivity index (χ1v) is 10.8. The molecule has 1 heteroatoms. The van der Waals surface area contributed by atoms with Gasteiger partial charge >= 0.3 is 0 Å². The highest BCUT2D eigenvalue weighted by atomic mass is 79.9. The molecule has 4 aliphatic rings. The fraction of sp³-hybridized carbons (Fsp3) is 0.818. The van der Waals surface area contributed by atoms with Crippen LogP contribution in [0.1, 0.15) is 66.2 Å². The van der Waals surface area contributed by atoms with Gasteiger partial charge in [-0.15, -0.1) is 0 Å². The third kappa shape index (κ3) is 2.14. The fourth-order valence-corrected chi connectivity index (χ4v) is 8.69. The minimum atomic E-state index is 0.349. The Morgan fingerprint density at radius 1 is 1.26 bits per heavy atom. The lowest BCUT2D eigenvalue weighted by Crippen LogP contribution is -2.53. The highest BCUT2D eigenvalue weighted by Gasteiger charge is 2.61. The van der Waals surface area contributed by atoms with E-state index in [4.69, 9.17) is 0 Å². The van der Waals surface area contributed by atoms with Gasteiger partial charge in [0.2, 0.25) is 0 Å². The van der Waals surface area contributed by atoms with E-state index < -0.39 is 0 Å². The van der Waals surface area contributed by atoms with Crippen molar-refractivity contribution in [2.75, 3.05) is 0 Å². The molecule has 0 nitrogen and oxygen atoms in total. The first kappa shape index (κ1) is 16.4. The smallest absolute Gasteiger partial charge is 0.0217 e. The van der Waals surface area contributed by atoms with Crippen LogP contribution in [0, 0.1) is 40.4 Å². The third-order valence-corrected chi connectivity index (χ3v) is 9.56. The first-order valence-electron chi connectivity index (χ1n) is 9.93. The number of hydrogen-bond acceptors (Lipinski definition) is 0. The van der Waals surface area contributed by atoms with Crippen LogP contribution in [0.5, 0.6) is 0 Å². The standard InChI is InChI=1S/C22H33Br/c1-5-16-14(2)12-18-20-17(9-11-22(16,18)4)21(3)10-7-6-8-15(21)13-19(20)23/h7-8,10,14,16-20H,5-6,9,11-13H2,1-4H3/t14-,16+,17+,18+,19-,20-,21+,22-/m1/s1. The van der Waals surface area contributed by atoms with E-state index in [1.807, 2.05) is 0 Å². The van der Waals surface area contributed by atoms with E-state index in [1.54, 1.807) is 5.57 Å². The zero-order valence-corrected chi connectivity index (χ0v) is 16.9. The van der Waals surface area contributed by atoms with Gasteiger partial charge in [0.25, 0.3) is 0 Å². The Bertz CT molecular complexity index is 546. The van der Waals surface area contributed by atoms with Gasteiger partial charge in [-0.05, 0) is 67.1 Å². The van der Waals surface area contributed by atoms with Gasteiger partial charge in [0.15, 0.2) is 0 Å². The monoisotopic (exact) mass is 376 g/mol. The zero-order valence-electron chi connectivity index (χ0n) is 15.3. The van der Waals surface area contributed by atoms with Gasteiger partial charge < -0.3 is 0 Å². The third-order valence-electron chi connectivity index (χ3n) is 8.63. The summed E-state index contributed by atoms with van der Waals surface area (Å²) in [6.45, 7) is 10.2. The zero-order chi connectivity index (χ0) is 16.4. The minimum Gasteiger partial charge on any atom is -0.0884 e. The Balaban J connectivity index is 1.73. The second kappa shape index (κ2) is 5.48. The van der Waals surface area contributed by atoms with E-state index >= 15 is 0 Å². The molecule has 3 saturated carbocycles. The number of halogens is 1. The molecule has 23 heavy (non-hydrogen) atoms. The molecule has 128 valence electrons. The molecule has 4 aliphatic carbocycles. The number of allylic oxidation sites excluding steroid dienone is 4. The Kier molecular flexibility index (Phi) is 3.91. The van der Waals surface area contributed by atoms with E-state index in [0.29, 0.717) is 15.7 Å². The van der Waals surface area contributed by atoms with Crippen molar-refractivity contribution in [3.05, 3.63) is 23.8 Å². The number of alkyl halides is 1. The fourth-order valence-electron chi connectivity index (χ4n) is 7.60. The van der Waals surface area contributed by atoms with Crippen molar-refractivity contribution in [3.63, 3.8) is 0 Å². The molecule has 4 rings (SSSR count). The molecule has 0 amide bonds. The van der Waals surface area contributed by atoms with Gasteiger partial charge in [0.05, 0.1) is 0 Å². The quantitative estimate of drug-likeness (QED) is 0.350. The molecule has 0 aromatic carbocycles. The average molecular weight is 377 g/mol. The summed E-state index contributed by atoms with van der Waals surface area (Å²) in [7, 11) is 0. The lowest BCUT2D eigenvalue weighted by atomic mass is 9.47. The Morgan fingerprint density at radius 2 is 2.04 bits per heavy atom. The average Bonchev–Trinajstić information content (AvgIpc) is 2.77. The molecule has 0 aliphatic heterocycles. The second-order valence-electron chi connectivity index (χ2n) is 9.43. The van der Waals surface area contributed by atoms with Crippen LogP contribution in [0.3, 0.4) is 0 Å². The van der Waals surface area contributed by atoms with Crippen LogP contribution in [-0.4, -0.2) is 4.83 Å². The van der Waals surface area contributed by atoms with Crippen molar-refractivity contribution in [3.8, 4) is 0 Å². The van der Waals surface area contributed by atoms with Crippen molar-refractivity contribution in [1.82, 2.24) is 0 Å². The van der Waals surface area contributed by atoms with Crippen molar-refractivity contribution >= 4 is 15.9 Å². The van der Waals surface area contributed by atoms with Gasteiger partial charge in [-0.1, -0.05) is 73.8 Å². The van der Waals surface area contributed by atoms with Gasteiger partial charge in [-0.2, -0.15) is 0 Å². The maximum atomic E-state index is 4.17. The van der Waals surface area contributed by atoms with E-state index in [9.17, 15) is 0 Å². The summed E-state index contributed by atoms with van der Waals surface area (Å²) in [6, 6.07) is 0. The van der Waals surface area contributed by atoms with E-state index in [-0.39, 0.29) is 0 Å². The summed E-state index contributed by atoms with van der Waals surface area (Å²) in [4.78, 5) is 0.700. The molecule has 3 fully saturated rings. The number of fused-ring (bicyclic) bond motifs is 5. The highest BCUT2D eigenvalue weighted by molar-refractivity contribution is 9.09. The Morgan fingerprint density at radius 3 is 2.78 bits per heavy atom.